The maximum atomic E-state index is 6.06. The normalized spacial score (nSPS) is 20.7. The van der Waals surface area contributed by atoms with Crippen LogP contribution in [0.15, 0.2) is 12.4 Å². The number of morpholine rings is 1. The Morgan fingerprint density at radius 1 is 0.931 bits per heavy atom. The van der Waals surface area contributed by atoms with Crippen molar-refractivity contribution in [2.45, 2.75) is 19.1 Å². The summed E-state index contributed by atoms with van der Waals surface area (Å²) in [6.07, 6.45) is 3.54. The molecule has 0 unspecified atom stereocenters. The highest BCUT2D eigenvalue weighted by atomic mass is 16.6. The van der Waals surface area contributed by atoms with E-state index in [1.165, 1.54) is 0 Å². The molecule has 0 N–H and O–H groups in total. The summed E-state index contributed by atoms with van der Waals surface area (Å²) in [5.74, 6) is 3.03. The molecule has 0 bridgehead atoms. The monoisotopic (exact) mass is 395 g/mol. The maximum absolute atomic E-state index is 6.06. The van der Waals surface area contributed by atoms with E-state index in [9.17, 15) is 0 Å². The second kappa shape index (κ2) is 6.41. The molecule has 6 rings (SSSR count). The summed E-state index contributed by atoms with van der Waals surface area (Å²) in [5.41, 5.74) is 1.95. The minimum absolute atomic E-state index is 0.464. The SMILES string of the molecule is Cc1ncc(-c2nc(N3CCOCC3)c3nc4n(c3n2)CCOC42COC2)cn1. The van der Waals surface area contributed by atoms with Crippen molar-refractivity contribution in [3.63, 3.8) is 0 Å². The van der Waals surface area contributed by atoms with Gasteiger partial charge in [-0.2, -0.15) is 0 Å². The molecule has 29 heavy (non-hydrogen) atoms. The lowest BCUT2D eigenvalue weighted by Crippen LogP contribution is -2.53. The summed E-state index contributed by atoms with van der Waals surface area (Å²) < 4.78 is 19.2. The van der Waals surface area contributed by atoms with E-state index in [1.54, 1.807) is 12.4 Å². The van der Waals surface area contributed by atoms with Gasteiger partial charge < -0.3 is 23.7 Å². The van der Waals surface area contributed by atoms with Crippen LogP contribution >= 0.6 is 0 Å². The topological polar surface area (TPSA) is 100 Å². The Kier molecular flexibility index (Phi) is 3.80. The van der Waals surface area contributed by atoms with E-state index in [0.29, 0.717) is 51.2 Å². The second-order valence-electron chi connectivity index (χ2n) is 7.58. The van der Waals surface area contributed by atoms with Crippen molar-refractivity contribution in [3.8, 4) is 11.4 Å². The number of anilines is 1. The molecule has 0 aliphatic carbocycles. The van der Waals surface area contributed by atoms with Crippen LogP contribution < -0.4 is 4.90 Å². The van der Waals surface area contributed by atoms with Crippen LogP contribution in [0, 0.1) is 6.92 Å². The molecule has 3 aromatic heterocycles. The van der Waals surface area contributed by atoms with E-state index in [2.05, 4.69) is 19.4 Å². The van der Waals surface area contributed by atoms with Gasteiger partial charge in [-0.05, 0) is 6.92 Å². The van der Waals surface area contributed by atoms with Gasteiger partial charge in [0, 0.05) is 32.0 Å². The largest absolute Gasteiger partial charge is 0.378 e. The molecule has 0 amide bonds. The number of imidazole rings is 1. The standard InChI is InChI=1S/C19H21N7O3/c1-12-20-8-13(9-21-12)15-23-16(25-2-5-27-6-3-25)14-17(24-15)26-4-7-29-19(10-28-11-19)18(26)22-14/h8-9H,2-7,10-11H2,1H3. The molecule has 0 saturated carbocycles. The van der Waals surface area contributed by atoms with Crippen LogP contribution in [-0.2, 0) is 26.4 Å². The number of nitrogens with zero attached hydrogens (tertiary/aromatic N) is 7. The lowest BCUT2D eigenvalue weighted by atomic mass is 10.00. The lowest BCUT2D eigenvalue weighted by molar-refractivity contribution is -0.232. The molecule has 3 aromatic rings. The van der Waals surface area contributed by atoms with Gasteiger partial charge in [0.1, 0.15) is 11.6 Å². The molecule has 3 aliphatic heterocycles. The third-order valence-electron chi connectivity index (χ3n) is 5.70. The molecule has 10 nitrogen and oxygen atoms in total. The van der Waals surface area contributed by atoms with Gasteiger partial charge >= 0.3 is 0 Å². The minimum atomic E-state index is -0.464. The van der Waals surface area contributed by atoms with Gasteiger partial charge in [0.15, 0.2) is 28.4 Å². The number of ether oxygens (including phenoxy) is 3. The van der Waals surface area contributed by atoms with Crippen molar-refractivity contribution in [3.05, 3.63) is 24.0 Å². The van der Waals surface area contributed by atoms with Crippen LogP contribution in [0.1, 0.15) is 11.6 Å². The van der Waals surface area contributed by atoms with Crippen molar-refractivity contribution in [1.29, 1.82) is 0 Å². The van der Waals surface area contributed by atoms with Gasteiger partial charge in [0.05, 0.1) is 38.6 Å². The van der Waals surface area contributed by atoms with Crippen LogP contribution in [0.5, 0.6) is 0 Å². The third-order valence-corrected chi connectivity index (χ3v) is 5.70. The van der Waals surface area contributed by atoms with E-state index in [0.717, 1.165) is 41.5 Å². The van der Waals surface area contributed by atoms with E-state index >= 15 is 0 Å². The van der Waals surface area contributed by atoms with Crippen LogP contribution in [0.25, 0.3) is 22.6 Å². The Balaban J connectivity index is 1.57. The summed E-state index contributed by atoms with van der Waals surface area (Å²) >= 11 is 0. The maximum Gasteiger partial charge on any atom is 0.172 e. The van der Waals surface area contributed by atoms with Crippen molar-refractivity contribution in [1.82, 2.24) is 29.5 Å². The number of rotatable bonds is 2. The van der Waals surface area contributed by atoms with Crippen molar-refractivity contribution >= 4 is 17.0 Å². The fraction of sp³-hybridized carbons (Fsp3) is 0.526. The van der Waals surface area contributed by atoms with Crippen LogP contribution in [0.2, 0.25) is 0 Å². The average Bonchev–Trinajstić information content (AvgIpc) is 3.12. The highest BCUT2D eigenvalue weighted by Gasteiger charge is 2.48. The smallest absolute Gasteiger partial charge is 0.172 e. The predicted octanol–water partition coefficient (Wildman–Crippen LogP) is 0.684. The van der Waals surface area contributed by atoms with E-state index < -0.39 is 5.60 Å². The first-order chi connectivity index (χ1) is 14.2. The van der Waals surface area contributed by atoms with Crippen LogP contribution in [0.3, 0.4) is 0 Å². The Labute approximate surface area is 166 Å². The first-order valence-electron chi connectivity index (χ1n) is 9.86. The summed E-state index contributed by atoms with van der Waals surface area (Å²) in [7, 11) is 0. The van der Waals surface area contributed by atoms with Gasteiger partial charge in [-0.25, -0.2) is 24.9 Å². The van der Waals surface area contributed by atoms with Crippen LogP contribution in [-0.4, -0.2) is 75.6 Å². The third kappa shape index (κ3) is 2.63. The molecular formula is C19H21N7O3. The Hall–Kier alpha value is -2.69. The first-order valence-corrected chi connectivity index (χ1v) is 9.86. The zero-order valence-electron chi connectivity index (χ0n) is 16.2. The fourth-order valence-electron chi connectivity index (χ4n) is 4.08. The number of aryl methyl sites for hydroxylation is 1. The Bertz CT molecular complexity index is 1070. The summed E-state index contributed by atoms with van der Waals surface area (Å²) in [6.45, 7) is 7.10. The lowest BCUT2D eigenvalue weighted by Gasteiger charge is -2.43. The molecule has 2 fully saturated rings. The molecule has 2 saturated heterocycles. The molecule has 1 spiro atoms. The van der Waals surface area contributed by atoms with E-state index in [1.807, 2.05) is 6.92 Å². The highest BCUT2D eigenvalue weighted by molar-refractivity contribution is 5.86. The first kappa shape index (κ1) is 17.2. The van der Waals surface area contributed by atoms with Gasteiger partial charge in [0.25, 0.3) is 0 Å². The zero-order valence-corrected chi connectivity index (χ0v) is 16.2. The number of fused-ring (bicyclic) bond motifs is 4. The summed E-state index contributed by atoms with van der Waals surface area (Å²) in [4.78, 5) is 25.6. The molecule has 10 heteroatoms. The van der Waals surface area contributed by atoms with Crippen molar-refractivity contribution in [2.75, 3.05) is 51.0 Å². The van der Waals surface area contributed by atoms with Gasteiger partial charge in [-0.3, -0.25) is 0 Å². The van der Waals surface area contributed by atoms with Crippen molar-refractivity contribution in [2.24, 2.45) is 0 Å². The number of hydrogen-bond acceptors (Lipinski definition) is 9. The second-order valence-corrected chi connectivity index (χ2v) is 7.58. The van der Waals surface area contributed by atoms with Gasteiger partial charge in [-0.1, -0.05) is 0 Å². The highest BCUT2D eigenvalue weighted by Crippen LogP contribution is 2.39. The predicted molar refractivity (Wildman–Crippen MR) is 103 cm³/mol. The molecule has 6 heterocycles. The Morgan fingerprint density at radius 2 is 1.72 bits per heavy atom. The van der Waals surface area contributed by atoms with E-state index in [-0.39, 0.29) is 0 Å². The average molecular weight is 395 g/mol. The quantitative estimate of drug-likeness (QED) is 0.620. The van der Waals surface area contributed by atoms with Crippen LogP contribution in [0.4, 0.5) is 5.82 Å². The molecule has 150 valence electrons. The summed E-state index contributed by atoms with van der Waals surface area (Å²) in [5, 5.41) is 0. The molecular weight excluding hydrogens is 374 g/mol. The molecule has 3 aliphatic rings. The number of hydrogen-bond donors (Lipinski definition) is 0. The fourth-order valence-corrected chi connectivity index (χ4v) is 4.08. The molecule has 0 radical (unpaired) electrons. The number of aromatic nitrogens is 6. The van der Waals surface area contributed by atoms with Crippen molar-refractivity contribution < 1.29 is 14.2 Å². The molecule has 0 aromatic carbocycles. The van der Waals surface area contributed by atoms with E-state index in [4.69, 9.17) is 29.2 Å². The minimum Gasteiger partial charge on any atom is -0.378 e. The summed E-state index contributed by atoms with van der Waals surface area (Å²) in [6, 6.07) is 0. The Morgan fingerprint density at radius 3 is 2.45 bits per heavy atom. The van der Waals surface area contributed by atoms with Gasteiger partial charge in [-0.15, -0.1) is 0 Å². The molecule has 0 atom stereocenters. The van der Waals surface area contributed by atoms with Gasteiger partial charge in [0.2, 0.25) is 0 Å². The zero-order chi connectivity index (χ0) is 19.4.